The van der Waals surface area contributed by atoms with Crippen LogP contribution in [0.15, 0.2) is 46.9 Å². The summed E-state index contributed by atoms with van der Waals surface area (Å²) in [5, 5.41) is 28.1. The van der Waals surface area contributed by atoms with Crippen molar-refractivity contribution in [3.63, 3.8) is 0 Å². The van der Waals surface area contributed by atoms with Crippen LogP contribution in [-0.4, -0.2) is 26.2 Å². The molecule has 0 aliphatic rings. The molecule has 132 valence electrons. The Morgan fingerprint density at radius 2 is 1.96 bits per heavy atom. The number of nitrogens with zero attached hydrogens (tertiary/aromatic N) is 3. The lowest BCUT2D eigenvalue weighted by atomic mass is 10.1. The van der Waals surface area contributed by atoms with Crippen LogP contribution in [0.3, 0.4) is 0 Å². The first-order valence-electron chi connectivity index (χ1n) is 7.48. The summed E-state index contributed by atoms with van der Waals surface area (Å²) < 4.78 is 10.4. The number of phenols is 1. The number of hydrogen-bond acceptors (Lipinski definition) is 8. The maximum absolute atomic E-state index is 12.0. The number of aryl methyl sites for hydroxylation is 1. The molecule has 3 rings (SSSR count). The molecule has 0 aliphatic heterocycles. The predicted octanol–water partition coefficient (Wildman–Crippen LogP) is 3.02. The van der Waals surface area contributed by atoms with E-state index in [1.54, 1.807) is 19.1 Å². The first kappa shape index (κ1) is 17.1. The molecule has 2 aromatic carbocycles. The Bertz CT molecular complexity index is 965. The fourth-order valence-electron chi connectivity index (χ4n) is 2.18. The topological polar surface area (TPSA) is 129 Å². The largest absolute Gasteiger partial charge is 0.507 e. The number of benzene rings is 2. The molecular formula is C17H13N3O6. The van der Waals surface area contributed by atoms with Crippen molar-refractivity contribution in [2.24, 2.45) is 0 Å². The van der Waals surface area contributed by atoms with E-state index in [1.807, 2.05) is 0 Å². The van der Waals surface area contributed by atoms with Gasteiger partial charge in [0.15, 0.2) is 6.61 Å². The first-order chi connectivity index (χ1) is 12.5. The van der Waals surface area contributed by atoms with Gasteiger partial charge in [-0.15, -0.1) is 10.2 Å². The number of carbonyl (C=O) groups excluding carboxylic acids is 1. The van der Waals surface area contributed by atoms with Crippen molar-refractivity contribution in [3.8, 4) is 17.2 Å². The molecule has 0 unspecified atom stereocenters. The van der Waals surface area contributed by atoms with E-state index in [9.17, 15) is 20.0 Å². The van der Waals surface area contributed by atoms with Gasteiger partial charge >= 0.3 is 5.97 Å². The van der Waals surface area contributed by atoms with E-state index in [0.29, 0.717) is 11.1 Å². The van der Waals surface area contributed by atoms with Gasteiger partial charge in [0.05, 0.1) is 4.92 Å². The van der Waals surface area contributed by atoms with Gasteiger partial charge in [-0.25, -0.2) is 4.79 Å². The first-order valence-corrected chi connectivity index (χ1v) is 7.48. The van der Waals surface area contributed by atoms with Crippen LogP contribution < -0.4 is 0 Å². The number of non-ortho nitro benzene ring substituents is 1. The van der Waals surface area contributed by atoms with Crippen molar-refractivity contribution in [2.45, 2.75) is 13.5 Å². The van der Waals surface area contributed by atoms with Crippen LogP contribution in [0.2, 0.25) is 0 Å². The van der Waals surface area contributed by atoms with Crippen molar-refractivity contribution in [1.82, 2.24) is 10.2 Å². The molecule has 0 spiro atoms. The molecule has 0 fully saturated rings. The van der Waals surface area contributed by atoms with Crippen molar-refractivity contribution in [1.29, 1.82) is 0 Å². The number of aromatic hydroxyl groups is 1. The lowest BCUT2D eigenvalue weighted by Crippen LogP contribution is -2.06. The second-order valence-corrected chi connectivity index (χ2v) is 5.35. The van der Waals surface area contributed by atoms with Crippen LogP contribution in [0.25, 0.3) is 11.5 Å². The molecule has 3 aromatic rings. The van der Waals surface area contributed by atoms with Crippen LogP contribution in [-0.2, 0) is 11.3 Å². The molecule has 9 nitrogen and oxygen atoms in total. The minimum Gasteiger partial charge on any atom is -0.507 e. The molecule has 0 atom stereocenters. The number of rotatable bonds is 5. The zero-order valence-corrected chi connectivity index (χ0v) is 13.6. The molecule has 0 saturated carbocycles. The lowest BCUT2D eigenvalue weighted by molar-refractivity contribution is -0.384. The summed E-state index contributed by atoms with van der Waals surface area (Å²) in [6.45, 7) is 1.40. The SMILES string of the molecule is Cc1cccc(C(=O)OCc2nnc(-c3ccc([N+](=O)[O-])cc3)o2)c1O. The minimum absolute atomic E-state index is 0.0418. The number of phenolic OH excluding ortho intramolecular Hbond substituents is 1. The number of carbonyl (C=O) groups is 1. The summed E-state index contributed by atoms with van der Waals surface area (Å²) >= 11 is 0. The van der Waals surface area contributed by atoms with Crippen LogP contribution in [0.1, 0.15) is 21.8 Å². The second-order valence-electron chi connectivity index (χ2n) is 5.35. The summed E-state index contributed by atoms with van der Waals surface area (Å²) in [6, 6.07) is 10.3. The highest BCUT2D eigenvalue weighted by Gasteiger charge is 2.16. The van der Waals surface area contributed by atoms with Crippen LogP contribution in [0.4, 0.5) is 5.69 Å². The number of para-hydroxylation sites is 1. The number of nitro benzene ring substituents is 1. The Labute approximate surface area is 147 Å². The lowest BCUT2D eigenvalue weighted by Gasteiger charge is -2.06. The molecule has 0 bridgehead atoms. The molecule has 9 heteroatoms. The number of hydrogen-bond donors (Lipinski definition) is 1. The van der Waals surface area contributed by atoms with Crippen molar-refractivity contribution >= 4 is 11.7 Å². The highest BCUT2D eigenvalue weighted by atomic mass is 16.6. The molecule has 26 heavy (non-hydrogen) atoms. The normalized spacial score (nSPS) is 10.5. The summed E-state index contributed by atoms with van der Waals surface area (Å²) in [4.78, 5) is 22.2. The average Bonchev–Trinajstić information content (AvgIpc) is 3.11. The zero-order valence-electron chi connectivity index (χ0n) is 13.6. The van der Waals surface area contributed by atoms with Gasteiger partial charge in [0.25, 0.3) is 11.6 Å². The van der Waals surface area contributed by atoms with Gasteiger partial charge in [0.1, 0.15) is 11.3 Å². The maximum Gasteiger partial charge on any atom is 0.342 e. The quantitative estimate of drug-likeness (QED) is 0.420. The number of aromatic nitrogens is 2. The standard InChI is InChI=1S/C17H13N3O6/c1-10-3-2-4-13(15(10)21)17(22)25-9-14-18-19-16(26-14)11-5-7-12(8-6-11)20(23)24/h2-8,21H,9H2,1H3. The molecule has 1 heterocycles. The van der Waals surface area contributed by atoms with Crippen molar-refractivity contribution in [2.75, 3.05) is 0 Å². The zero-order chi connectivity index (χ0) is 18.7. The summed E-state index contributed by atoms with van der Waals surface area (Å²) in [7, 11) is 0. The van der Waals surface area contributed by atoms with Crippen molar-refractivity contribution in [3.05, 3.63) is 69.6 Å². The summed E-state index contributed by atoms with van der Waals surface area (Å²) in [6.07, 6.45) is 0. The maximum atomic E-state index is 12.0. The molecule has 0 saturated heterocycles. The van der Waals surface area contributed by atoms with Gasteiger partial charge < -0.3 is 14.3 Å². The van der Waals surface area contributed by atoms with Gasteiger partial charge in [-0.2, -0.15) is 0 Å². The van der Waals surface area contributed by atoms with E-state index < -0.39 is 10.9 Å². The van der Waals surface area contributed by atoms with Gasteiger partial charge in [0.2, 0.25) is 5.89 Å². The summed E-state index contributed by atoms with van der Waals surface area (Å²) in [5.41, 5.74) is 1.04. The summed E-state index contributed by atoms with van der Waals surface area (Å²) in [5.74, 6) is -0.668. The van der Waals surface area contributed by atoms with Gasteiger partial charge in [0, 0.05) is 17.7 Å². The third kappa shape index (κ3) is 3.51. The van der Waals surface area contributed by atoms with Crippen molar-refractivity contribution < 1.29 is 24.0 Å². The number of nitro groups is 1. The highest BCUT2D eigenvalue weighted by molar-refractivity contribution is 5.92. The van der Waals surface area contributed by atoms with Crippen LogP contribution in [0.5, 0.6) is 5.75 Å². The molecule has 1 aromatic heterocycles. The van der Waals surface area contributed by atoms with E-state index in [-0.39, 0.29) is 35.4 Å². The number of ether oxygens (including phenoxy) is 1. The second kappa shape index (κ2) is 7.01. The highest BCUT2D eigenvalue weighted by Crippen LogP contribution is 2.24. The van der Waals surface area contributed by atoms with E-state index >= 15 is 0 Å². The fourth-order valence-corrected chi connectivity index (χ4v) is 2.18. The Balaban J connectivity index is 1.68. The van der Waals surface area contributed by atoms with E-state index in [2.05, 4.69) is 10.2 Å². The third-order valence-corrected chi connectivity index (χ3v) is 3.58. The van der Waals surface area contributed by atoms with Gasteiger partial charge in [-0.05, 0) is 30.7 Å². The predicted molar refractivity (Wildman–Crippen MR) is 88.4 cm³/mol. The van der Waals surface area contributed by atoms with Gasteiger partial charge in [-0.1, -0.05) is 12.1 Å². The molecule has 0 radical (unpaired) electrons. The minimum atomic E-state index is -0.721. The monoisotopic (exact) mass is 355 g/mol. The van der Waals surface area contributed by atoms with Gasteiger partial charge in [-0.3, -0.25) is 10.1 Å². The smallest absolute Gasteiger partial charge is 0.342 e. The molecular weight excluding hydrogens is 342 g/mol. The Kier molecular flexibility index (Phi) is 4.61. The Morgan fingerprint density at radius 1 is 1.23 bits per heavy atom. The third-order valence-electron chi connectivity index (χ3n) is 3.58. The van der Waals surface area contributed by atoms with Crippen LogP contribution >= 0.6 is 0 Å². The average molecular weight is 355 g/mol. The molecule has 1 N–H and O–H groups in total. The van der Waals surface area contributed by atoms with E-state index in [4.69, 9.17) is 9.15 Å². The Morgan fingerprint density at radius 3 is 2.65 bits per heavy atom. The Hall–Kier alpha value is -3.75. The number of esters is 1. The van der Waals surface area contributed by atoms with E-state index in [0.717, 1.165) is 0 Å². The van der Waals surface area contributed by atoms with E-state index in [1.165, 1.54) is 30.3 Å². The molecule has 0 amide bonds. The molecule has 0 aliphatic carbocycles. The fraction of sp³-hybridized carbons (Fsp3) is 0.118. The van der Waals surface area contributed by atoms with Crippen LogP contribution in [0, 0.1) is 17.0 Å².